The fourth-order valence-electron chi connectivity index (χ4n) is 1.89. The van der Waals surface area contributed by atoms with E-state index in [0.29, 0.717) is 5.69 Å². The van der Waals surface area contributed by atoms with Gasteiger partial charge in [0.2, 0.25) is 5.88 Å². The Bertz CT molecular complexity index is 807. The highest BCUT2D eigenvalue weighted by atomic mass is 16.3. The first-order valence-corrected chi connectivity index (χ1v) is 6.56. The second-order valence-electron chi connectivity index (χ2n) is 4.56. The van der Waals surface area contributed by atoms with E-state index < -0.39 is 17.1 Å². The van der Waals surface area contributed by atoms with Crippen LogP contribution in [0, 0.1) is 6.92 Å². The molecule has 0 radical (unpaired) electrons. The lowest BCUT2D eigenvalue weighted by Gasteiger charge is -2.10. The molecular weight excluding hydrogens is 288 g/mol. The van der Waals surface area contributed by atoms with Crippen LogP contribution in [0.5, 0.6) is 5.88 Å². The molecule has 0 spiro atoms. The smallest absolute Gasteiger partial charge is 0.335 e. The van der Waals surface area contributed by atoms with E-state index in [1.165, 1.54) is 0 Å². The molecule has 0 aliphatic carbocycles. The lowest BCUT2D eigenvalue weighted by Crippen LogP contribution is -2.31. The van der Waals surface area contributed by atoms with Crippen molar-refractivity contribution in [3.05, 3.63) is 56.2 Å². The third-order valence-corrected chi connectivity index (χ3v) is 2.89. The van der Waals surface area contributed by atoms with Crippen LogP contribution in [0.2, 0.25) is 0 Å². The van der Waals surface area contributed by atoms with E-state index >= 15 is 0 Å². The van der Waals surface area contributed by atoms with Gasteiger partial charge in [0.25, 0.3) is 5.56 Å². The molecule has 1 aromatic carbocycles. The zero-order valence-electron chi connectivity index (χ0n) is 11.9. The number of hydrazone groups is 1. The summed E-state index contributed by atoms with van der Waals surface area (Å²) in [7, 11) is 0. The van der Waals surface area contributed by atoms with Crippen LogP contribution in [0.3, 0.4) is 0 Å². The van der Waals surface area contributed by atoms with Crippen LogP contribution >= 0.6 is 0 Å². The van der Waals surface area contributed by atoms with Gasteiger partial charge in [-0.05, 0) is 24.6 Å². The highest BCUT2D eigenvalue weighted by Gasteiger charge is 2.14. The lowest BCUT2D eigenvalue weighted by atomic mass is 10.2. The molecule has 8 nitrogen and oxygen atoms in total. The van der Waals surface area contributed by atoms with E-state index in [4.69, 9.17) is 5.11 Å². The second-order valence-corrected chi connectivity index (χ2v) is 4.56. The number of aliphatic hydroxyl groups excluding tert-OH is 1. The van der Waals surface area contributed by atoms with Crippen molar-refractivity contribution in [2.75, 3.05) is 13.2 Å². The minimum atomic E-state index is -0.749. The van der Waals surface area contributed by atoms with Crippen LogP contribution < -0.4 is 16.7 Å². The summed E-state index contributed by atoms with van der Waals surface area (Å²) in [5, 5.41) is 22.6. The molecule has 0 saturated heterocycles. The number of nitrogens with zero attached hydrogens (tertiary/aromatic N) is 2. The summed E-state index contributed by atoms with van der Waals surface area (Å²) < 4.78 is 0.988. The molecule has 0 aliphatic rings. The maximum Gasteiger partial charge on any atom is 0.335 e. The number of hydrogen-bond donors (Lipinski definition) is 4. The summed E-state index contributed by atoms with van der Waals surface area (Å²) in [5.41, 5.74) is 2.16. The van der Waals surface area contributed by atoms with E-state index in [1.807, 2.05) is 13.0 Å². The molecule has 0 aliphatic heterocycles. The van der Waals surface area contributed by atoms with Gasteiger partial charge in [-0.25, -0.2) is 9.36 Å². The highest BCUT2D eigenvalue weighted by Crippen LogP contribution is 2.16. The van der Waals surface area contributed by atoms with Gasteiger partial charge in [-0.1, -0.05) is 12.1 Å². The fourth-order valence-corrected chi connectivity index (χ4v) is 1.89. The summed E-state index contributed by atoms with van der Waals surface area (Å²) in [6, 6.07) is 6.92. The standard InChI is InChI=1S/C14H16N4O4/c1-9-3-2-4-10(7-9)18-13(21)11(8-16-15-5-6-19)12(20)17-14(18)22/h2-4,7-8,15,19,21H,5-6H2,1H3,(H,17,20,22)/b16-8+. The van der Waals surface area contributed by atoms with Crippen LogP contribution in [0.15, 0.2) is 39.0 Å². The largest absolute Gasteiger partial charge is 0.493 e. The Hall–Kier alpha value is -2.87. The van der Waals surface area contributed by atoms with Gasteiger partial charge in [0, 0.05) is 0 Å². The van der Waals surface area contributed by atoms with Crippen LogP contribution in [-0.4, -0.2) is 39.1 Å². The van der Waals surface area contributed by atoms with Crippen LogP contribution in [0.4, 0.5) is 0 Å². The van der Waals surface area contributed by atoms with Crippen molar-refractivity contribution in [1.29, 1.82) is 0 Å². The number of nitrogens with one attached hydrogen (secondary N) is 2. The third kappa shape index (κ3) is 3.23. The third-order valence-electron chi connectivity index (χ3n) is 2.89. The molecule has 0 bridgehead atoms. The molecule has 0 fully saturated rings. The number of aryl methyl sites for hydroxylation is 1. The lowest BCUT2D eigenvalue weighted by molar-refractivity contribution is 0.294. The Morgan fingerprint density at radius 2 is 2.18 bits per heavy atom. The molecule has 1 aromatic heterocycles. The van der Waals surface area contributed by atoms with Gasteiger partial charge < -0.3 is 15.6 Å². The van der Waals surface area contributed by atoms with Gasteiger partial charge >= 0.3 is 5.69 Å². The SMILES string of the molecule is Cc1cccc(-n2c(O)c(/C=N/NCCO)c(=O)[nH]c2=O)c1. The van der Waals surface area contributed by atoms with Crippen molar-refractivity contribution in [1.82, 2.24) is 15.0 Å². The Balaban J connectivity index is 2.54. The Morgan fingerprint density at radius 1 is 1.41 bits per heavy atom. The van der Waals surface area contributed by atoms with Gasteiger partial charge in [0.1, 0.15) is 5.56 Å². The van der Waals surface area contributed by atoms with Crippen molar-refractivity contribution in [3.8, 4) is 11.6 Å². The molecule has 0 amide bonds. The Labute approximate surface area is 125 Å². The topological polar surface area (TPSA) is 120 Å². The van der Waals surface area contributed by atoms with Gasteiger partial charge in [0.15, 0.2) is 0 Å². The number of hydrogen-bond acceptors (Lipinski definition) is 6. The number of aromatic hydroxyl groups is 1. The first kappa shape index (κ1) is 15.5. The van der Waals surface area contributed by atoms with Crippen molar-refractivity contribution >= 4 is 6.21 Å². The van der Waals surface area contributed by atoms with Gasteiger partial charge in [-0.3, -0.25) is 9.78 Å². The van der Waals surface area contributed by atoms with E-state index in [-0.39, 0.29) is 18.7 Å². The van der Waals surface area contributed by atoms with Gasteiger partial charge in [-0.2, -0.15) is 5.10 Å². The number of benzene rings is 1. The minimum absolute atomic E-state index is 0.123. The predicted molar refractivity (Wildman–Crippen MR) is 81.7 cm³/mol. The second kappa shape index (κ2) is 6.72. The van der Waals surface area contributed by atoms with Crippen molar-refractivity contribution in [3.63, 3.8) is 0 Å². The van der Waals surface area contributed by atoms with Crippen LogP contribution in [0.25, 0.3) is 5.69 Å². The van der Waals surface area contributed by atoms with E-state index in [2.05, 4.69) is 15.5 Å². The van der Waals surface area contributed by atoms with E-state index in [0.717, 1.165) is 16.3 Å². The molecule has 22 heavy (non-hydrogen) atoms. The van der Waals surface area contributed by atoms with Crippen LogP contribution in [0.1, 0.15) is 11.1 Å². The number of aromatic amines is 1. The average Bonchev–Trinajstić information content (AvgIpc) is 2.46. The highest BCUT2D eigenvalue weighted by molar-refractivity contribution is 5.82. The average molecular weight is 304 g/mol. The van der Waals surface area contributed by atoms with Gasteiger partial charge in [-0.15, -0.1) is 0 Å². The van der Waals surface area contributed by atoms with Gasteiger partial charge in [0.05, 0.1) is 25.1 Å². The zero-order valence-corrected chi connectivity index (χ0v) is 11.9. The number of H-pyrrole nitrogens is 1. The van der Waals surface area contributed by atoms with Crippen molar-refractivity contribution in [2.24, 2.45) is 5.10 Å². The number of aromatic nitrogens is 2. The summed E-state index contributed by atoms with van der Waals surface area (Å²) in [6.45, 7) is 1.92. The monoisotopic (exact) mass is 304 g/mol. The molecule has 0 saturated carbocycles. The molecule has 2 rings (SSSR count). The molecular formula is C14H16N4O4. The normalized spacial score (nSPS) is 11.0. The molecule has 8 heteroatoms. The summed E-state index contributed by atoms with van der Waals surface area (Å²) in [5.74, 6) is -0.506. The Kier molecular flexibility index (Phi) is 4.74. The van der Waals surface area contributed by atoms with Crippen LogP contribution in [-0.2, 0) is 0 Å². The summed E-state index contributed by atoms with van der Waals surface area (Å²) in [4.78, 5) is 25.9. The quantitative estimate of drug-likeness (QED) is 0.336. The maximum absolute atomic E-state index is 12.0. The molecule has 1 heterocycles. The molecule has 116 valence electrons. The van der Waals surface area contributed by atoms with E-state index in [9.17, 15) is 14.7 Å². The summed E-state index contributed by atoms with van der Waals surface area (Å²) in [6.07, 6.45) is 1.09. The first-order valence-electron chi connectivity index (χ1n) is 6.56. The zero-order chi connectivity index (χ0) is 16.1. The molecule has 0 atom stereocenters. The molecule has 2 aromatic rings. The maximum atomic E-state index is 12.0. The van der Waals surface area contributed by atoms with Crippen molar-refractivity contribution < 1.29 is 10.2 Å². The predicted octanol–water partition coefficient (Wildman–Crippen LogP) is -0.544. The fraction of sp³-hybridized carbons (Fsp3) is 0.214. The first-order chi connectivity index (χ1) is 10.5. The van der Waals surface area contributed by atoms with Crippen molar-refractivity contribution in [2.45, 2.75) is 6.92 Å². The summed E-state index contributed by atoms with van der Waals surface area (Å²) >= 11 is 0. The number of aliphatic hydroxyl groups is 1. The number of rotatable bonds is 5. The Morgan fingerprint density at radius 3 is 2.86 bits per heavy atom. The van der Waals surface area contributed by atoms with E-state index in [1.54, 1.807) is 18.2 Å². The minimum Gasteiger partial charge on any atom is -0.493 e. The molecule has 0 unspecified atom stereocenters. The molecule has 4 N–H and O–H groups in total.